The molecule has 2 aliphatic rings. The van der Waals surface area contributed by atoms with Crippen LogP contribution in [0.15, 0.2) is 0 Å². The quantitative estimate of drug-likeness (QED) is 0.611. The summed E-state index contributed by atoms with van der Waals surface area (Å²) in [7, 11) is 0. The predicted octanol–water partition coefficient (Wildman–Crippen LogP) is 2.33. The third kappa shape index (κ3) is 1.36. The van der Waals surface area contributed by atoms with E-state index in [1.807, 2.05) is 0 Å². The third-order valence-electron chi connectivity index (χ3n) is 3.84. The second-order valence-electron chi connectivity index (χ2n) is 4.47. The summed E-state index contributed by atoms with van der Waals surface area (Å²) < 4.78 is 5.43. The van der Waals surface area contributed by atoms with Crippen molar-refractivity contribution in [2.24, 2.45) is 11.8 Å². The van der Waals surface area contributed by atoms with Gasteiger partial charge < -0.3 is 4.74 Å². The van der Waals surface area contributed by atoms with Gasteiger partial charge in [0.15, 0.2) is 0 Å². The Morgan fingerprint density at radius 1 is 1.62 bits per heavy atom. The highest BCUT2D eigenvalue weighted by Gasteiger charge is 2.52. The monoisotopic (exact) mass is 181 g/mol. The van der Waals surface area contributed by atoms with E-state index in [0.29, 0.717) is 5.92 Å². The molecule has 0 amide bonds. The van der Waals surface area contributed by atoms with Gasteiger partial charge >= 0.3 is 5.97 Å². The molecule has 2 fully saturated rings. The highest BCUT2D eigenvalue weighted by Crippen LogP contribution is 2.53. The fraction of sp³-hybridized carbons (Fsp3) is 0.818. The number of carbonyl (C=O) groups excluding carboxylic acids is 1. The van der Waals surface area contributed by atoms with Crippen molar-refractivity contribution >= 4 is 5.97 Å². The zero-order valence-corrected chi connectivity index (χ0v) is 8.21. The van der Waals surface area contributed by atoms with Crippen molar-refractivity contribution in [2.45, 2.75) is 44.6 Å². The maximum Gasteiger partial charge on any atom is 0.306 e. The van der Waals surface area contributed by atoms with Gasteiger partial charge in [0.05, 0.1) is 6.92 Å². The molecule has 3 atom stereocenters. The number of ether oxygens (including phenoxy) is 1. The summed E-state index contributed by atoms with van der Waals surface area (Å²) >= 11 is 0. The molecule has 2 rings (SSSR count). The van der Waals surface area contributed by atoms with Gasteiger partial charge in [-0.3, -0.25) is 4.79 Å². The molecule has 0 N–H and O–H groups in total. The van der Waals surface area contributed by atoms with E-state index in [1.54, 1.807) is 0 Å². The van der Waals surface area contributed by atoms with E-state index in [2.05, 4.69) is 13.8 Å². The van der Waals surface area contributed by atoms with Gasteiger partial charge in [0, 0.05) is 0 Å². The first-order valence-electron chi connectivity index (χ1n) is 5.21. The average Bonchev–Trinajstić information content (AvgIpc) is 2.62. The average molecular weight is 181 g/mol. The molecule has 2 heteroatoms. The molecule has 3 unspecified atom stereocenters. The molecule has 0 heterocycles. The molecule has 2 bridgehead atoms. The van der Waals surface area contributed by atoms with Gasteiger partial charge in [-0.25, -0.2) is 0 Å². The van der Waals surface area contributed by atoms with E-state index in [9.17, 15) is 4.79 Å². The zero-order valence-electron chi connectivity index (χ0n) is 8.21. The van der Waals surface area contributed by atoms with Crippen molar-refractivity contribution in [1.82, 2.24) is 0 Å². The van der Waals surface area contributed by atoms with Gasteiger partial charge in [0.25, 0.3) is 0 Å². The van der Waals surface area contributed by atoms with E-state index in [-0.39, 0.29) is 11.6 Å². The molecule has 2 aliphatic carbocycles. The maximum absolute atomic E-state index is 10.9. The van der Waals surface area contributed by atoms with Crippen LogP contribution in [0.2, 0.25) is 0 Å². The van der Waals surface area contributed by atoms with Crippen molar-refractivity contribution in [3.05, 3.63) is 6.92 Å². The molecule has 0 spiro atoms. The fourth-order valence-electron chi connectivity index (χ4n) is 3.25. The Balaban J connectivity index is 2.12. The number of esters is 1. The first-order valence-corrected chi connectivity index (χ1v) is 5.21. The van der Waals surface area contributed by atoms with Crippen LogP contribution < -0.4 is 0 Å². The minimum atomic E-state index is -0.352. The standard InChI is InChI=1S/C11H17O2/c1-3-11(13-8(2)12)7-9-4-5-10(11)6-9/h9-10H,2-7H2,1H3. The van der Waals surface area contributed by atoms with E-state index in [4.69, 9.17) is 4.74 Å². The molecule has 1 radical (unpaired) electrons. The van der Waals surface area contributed by atoms with E-state index >= 15 is 0 Å². The molecule has 0 saturated heterocycles. The summed E-state index contributed by atoms with van der Waals surface area (Å²) in [6.07, 6.45) is 5.87. The lowest BCUT2D eigenvalue weighted by Crippen LogP contribution is -2.39. The van der Waals surface area contributed by atoms with Gasteiger partial charge in [-0.05, 0) is 43.9 Å². The summed E-state index contributed by atoms with van der Waals surface area (Å²) in [4.78, 5) is 10.9. The lowest BCUT2D eigenvalue weighted by atomic mass is 9.82. The summed E-state index contributed by atoms with van der Waals surface area (Å²) in [6.45, 7) is 5.43. The molecule has 0 aromatic carbocycles. The van der Waals surface area contributed by atoms with Gasteiger partial charge in [0.1, 0.15) is 5.60 Å². The lowest BCUT2D eigenvalue weighted by Gasteiger charge is -2.36. The second kappa shape index (κ2) is 3.00. The summed E-state index contributed by atoms with van der Waals surface area (Å²) in [6, 6.07) is 0. The second-order valence-corrected chi connectivity index (χ2v) is 4.47. The highest BCUT2D eigenvalue weighted by molar-refractivity contribution is 5.74. The SMILES string of the molecule is [CH2]C(=O)OC1(CC)CC2CCC1C2. The lowest BCUT2D eigenvalue weighted by molar-refractivity contribution is -0.160. The molecule has 0 aliphatic heterocycles. The number of carbonyl (C=O) groups is 1. The Labute approximate surface area is 79.7 Å². The molecule has 73 valence electrons. The Kier molecular flexibility index (Phi) is 2.09. The molecule has 13 heavy (non-hydrogen) atoms. The normalized spacial score (nSPS) is 42.3. The minimum absolute atomic E-state index is 0.137. The molecular weight excluding hydrogens is 164 g/mol. The fourth-order valence-corrected chi connectivity index (χ4v) is 3.25. The van der Waals surface area contributed by atoms with Crippen molar-refractivity contribution in [3.8, 4) is 0 Å². The maximum atomic E-state index is 10.9. The van der Waals surface area contributed by atoms with Gasteiger partial charge in [-0.15, -0.1) is 0 Å². The van der Waals surface area contributed by atoms with Gasteiger partial charge in [-0.2, -0.15) is 0 Å². The molecular formula is C11H17O2. The Morgan fingerprint density at radius 2 is 2.38 bits per heavy atom. The van der Waals surface area contributed by atoms with Crippen LogP contribution in [0.25, 0.3) is 0 Å². The number of fused-ring (bicyclic) bond motifs is 2. The van der Waals surface area contributed by atoms with Crippen LogP contribution in [0.1, 0.15) is 39.0 Å². The van der Waals surface area contributed by atoms with Gasteiger partial charge in [0.2, 0.25) is 0 Å². The Hall–Kier alpha value is -0.530. The van der Waals surface area contributed by atoms with Crippen LogP contribution in [0, 0.1) is 18.8 Å². The Bertz CT molecular complexity index is 224. The number of hydrogen-bond donors (Lipinski definition) is 0. The van der Waals surface area contributed by atoms with Crippen LogP contribution in [0.5, 0.6) is 0 Å². The van der Waals surface area contributed by atoms with Crippen molar-refractivity contribution < 1.29 is 9.53 Å². The molecule has 0 aromatic rings. The summed E-state index contributed by atoms with van der Waals surface area (Å²) in [5.74, 6) is 1.08. The van der Waals surface area contributed by atoms with Crippen molar-refractivity contribution in [2.75, 3.05) is 0 Å². The van der Waals surface area contributed by atoms with E-state index < -0.39 is 0 Å². The van der Waals surface area contributed by atoms with E-state index in [0.717, 1.165) is 18.8 Å². The zero-order chi connectivity index (χ0) is 9.47. The van der Waals surface area contributed by atoms with Crippen molar-refractivity contribution in [1.29, 1.82) is 0 Å². The topological polar surface area (TPSA) is 26.3 Å². The summed E-state index contributed by atoms with van der Waals surface area (Å²) in [5.41, 5.74) is -0.137. The Morgan fingerprint density at radius 3 is 2.77 bits per heavy atom. The van der Waals surface area contributed by atoms with Crippen molar-refractivity contribution in [3.63, 3.8) is 0 Å². The van der Waals surface area contributed by atoms with Gasteiger partial charge in [-0.1, -0.05) is 6.92 Å². The summed E-state index contributed by atoms with van der Waals surface area (Å²) in [5, 5.41) is 0. The molecule has 2 saturated carbocycles. The van der Waals surface area contributed by atoms with Crippen LogP contribution in [0.3, 0.4) is 0 Å². The van der Waals surface area contributed by atoms with Crippen LogP contribution in [0.4, 0.5) is 0 Å². The highest BCUT2D eigenvalue weighted by atomic mass is 16.6. The van der Waals surface area contributed by atoms with E-state index in [1.165, 1.54) is 19.3 Å². The molecule has 0 aromatic heterocycles. The predicted molar refractivity (Wildman–Crippen MR) is 49.9 cm³/mol. The van der Waals surface area contributed by atoms with Crippen LogP contribution in [-0.2, 0) is 9.53 Å². The van der Waals surface area contributed by atoms with Crippen LogP contribution >= 0.6 is 0 Å². The smallest absolute Gasteiger partial charge is 0.306 e. The molecule has 2 nitrogen and oxygen atoms in total. The first kappa shape index (κ1) is 9.04. The first-order chi connectivity index (χ1) is 6.16. The number of rotatable bonds is 2. The minimum Gasteiger partial charge on any atom is -0.459 e. The number of hydrogen-bond acceptors (Lipinski definition) is 2. The largest absolute Gasteiger partial charge is 0.459 e. The van der Waals surface area contributed by atoms with Crippen LogP contribution in [-0.4, -0.2) is 11.6 Å². The third-order valence-corrected chi connectivity index (χ3v) is 3.84.